The van der Waals surface area contributed by atoms with Gasteiger partial charge in [0.1, 0.15) is 0 Å². The van der Waals surface area contributed by atoms with Crippen LogP contribution in [-0.4, -0.2) is 29.9 Å². The molecule has 2 saturated carbocycles. The van der Waals surface area contributed by atoms with E-state index in [1.54, 1.807) is 6.92 Å². The maximum Gasteiger partial charge on any atom is 0.196 e. The van der Waals surface area contributed by atoms with Crippen LogP contribution in [0.2, 0.25) is 0 Å². The fourth-order valence-electron chi connectivity index (χ4n) is 4.92. The van der Waals surface area contributed by atoms with Crippen molar-refractivity contribution in [1.82, 2.24) is 5.32 Å². The Hall–Kier alpha value is -1.88. The van der Waals surface area contributed by atoms with E-state index in [0.717, 1.165) is 36.3 Å². The topological polar surface area (TPSA) is 79.5 Å². The average molecular weight is 413 g/mol. The van der Waals surface area contributed by atoms with Crippen LogP contribution in [0.3, 0.4) is 0 Å². The summed E-state index contributed by atoms with van der Waals surface area (Å²) in [6, 6.07) is 8.74. The van der Waals surface area contributed by atoms with E-state index in [1.165, 1.54) is 44.9 Å². The van der Waals surface area contributed by atoms with Gasteiger partial charge < -0.3 is 16.4 Å². The first kappa shape index (κ1) is 22.8. The molecule has 0 aromatic heterocycles. The van der Waals surface area contributed by atoms with Crippen molar-refractivity contribution in [2.45, 2.75) is 96.7 Å². The normalized spacial score (nSPS) is 27.7. The third kappa shape index (κ3) is 7.12. The Balaban J connectivity index is 1.55. The Morgan fingerprint density at radius 3 is 2.30 bits per heavy atom. The Kier molecular flexibility index (Phi) is 8.32. The Morgan fingerprint density at radius 2 is 1.70 bits per heavy atom. The highest BCUT2D eigenvalue weighted by molar-refractivity contribution is 5.98. The molecule has 0 heterocycles. The lowest BCUT2D eigenvalue weighted by Gasteiger charge is -2.32. The van der Waals surface area contributed by atoms with Gasteiger partial charge in [-0.2, -0.15) is 0 Å². The molecule has 166 valence electrons. The summed E-state index contributed by atoms with van der Waals surface area (Å²) in [4.78, 5) is 16.7. The first-order valence-corrected chi connectivity index (χ1v) is 11.9. The van der Waals surface area contributed by atoms with Gasteiger partial charge in [0.2, 0.25) is 0 Å². The largest absolute Gasteiger partial charge is 0.354 e. The van der Waals surface area contributed by atoms with Crippen molar-refractivity contribution in [3.63, 3.8) is 0 Å². The number of carbonyl (C=O) groups excluding carboxylic acids is 1. The molecule has 5 nitrogen and oxygen atoms in total. The van der Waals surface area contributed by atoms with Crippen LogP contribution < -0.4 is 16.4 Å². The lowest BCUT2D eigenvalue weighted by molar-refractivity contribution is 0.101. The summed E-state index contributed by atoms with van der Waals surface area (Å²) in [7, 11) is 0. The summed E-state index contributed by atoms with van der Waals surface area (Å²) >= 11 is 0. The molecule has 0 aliphatic heterocycles. The Bertz CT molecular complexity index is 714. The van der Waals surface area contributed by atoms with E-state index >= 15 is 0 Å². The minimum atomic E-state index is 0.0761. The van der Waals surface area contributed by atoms with Crippen LogP contribution >= 0.6 is 0 Å². The van der Waals surface area contributed by atoms with Crippen molar-refractivity contribution in [3.05, 3.63) is 29.8 Å². The fourth-order valence-corrected chi connectivity index (χ4v) is 4.92. The van der Waals surface area contributed by atoms with Crippen LogP contribution in [0.25, 0.3) is 0 Å². The summed E-state index contributed by atoms with van der Waals surface area (Å²) in [5, 5.41) is 6.86. The van der Waals surface area contributed by atoms with E-state index < -0.39 is 0 Å². The molecule has 0 unspecified atom stereocenters. The number of Topliss-reactive ketones (excluding diaryl/α,β-unsaturated/α-hetero) is 1. The molecule has 0 atom stereocenters. The molecule has 2 aliphatic rings. The maximum atomic E-state index is 11.7. The number of ketones is 1. The van der Waals surface area contributed by atoms with Crippen LogP contribution in [-0.2, 0) is 0 Å². The number of carbonyl (C=O) groups is 1. The molecule has 1 aromatic rings. The van der Waals surface area contributed by atoms with Gasteiger partial charge in [0.05, 0.1) is 6.04 Å². The van der Waals surface area contributed by atoms with E-state index in [9.17, 15) is 4.79 Å². The minimum absolute atomic E-state index is 0.0761. The number of rotatable bonds is 6. The van der Waals surface area contributed by atoms with E-state index in [-0.39, 0.29) is 5.78 Å². The Labute approximate surface area is 182 Å². The number of hydrogen-bond acceptors (Lipinski definition) is 3. The molecule has 0 bridgehead atoms. The van der Waals surface area contributed by atoms with Crippen LogP contribution in [0.5, 0.6) is 0 Å². The van der Waals surface area contributed by atoms with E-state index in [0.29, 0.717) is 23.7 Å². The minimum Gasteiger partial charge on any atom is -0.354 e. The van der Waals surface area contributed by atoms with Gasteiger partial charge in [0, 0.05) is 23.3 Å². The number of benzene rings is 1. The summed E-state index contributed by atoms with van der Waals surface area (Å²) < 4.78 is 0. The van der Waals surface area contributed by atoms with Crippen molar-refractivity contribution in [2.75, 3.05) is 5.32 Å². The lowest BCUT2D eigenvalue weighted by atomic mass is 9.76. The first-order valence-electron chi connectivity index (χ1n) is 11.9. The third-order valence-corrected chi connectivity index (χ3v) is 6.64. The summed E-state index contributed by atoms with van der Waals surface area (Å²) in [6.07, 6.45) is 11.4. The van der Waals surface area contributed by atoms with Crippen LogP contribution in [0.4, 0.5) is 5.69 Å². The highest BCUT2D eigenvalue weighted by Gasteiger charge is 2.26. The quantitative estimate of drug-likeness (QED) is 0.344. The average Bonchev–Trinajstić information content (AvgIpc) is 2.71. The van der Waals surface area contributed by atoms with Crippen molar-refractivity contribution in [2.24, 2.45) is 22.6 Å². The molecule has 0 saturated heterocycles. The molecule has 2 aliphatic carbocycles. The van der Waals surface area contributed by atoms with Gasteiger partial charge in [0.25, 0.3) is 0 Å². The number of nitrogens with one attached hydrogen (secondary N) is 2. The highest BCUT2D eigenvalue weighted by Crippen LogP contribution is 2.35. The predicted molar refractivity (Wildman–Crippen MR) is 126 cm³/mol. The first-order chi connectivity index (χ1) is 14.4. The SMILES string of the molecule is CC(=O)c1cccc(NC(=NC2CCC(CC3CCC(N)CC3)CC2)NC(C)C)c1. The van der Waals surface area contributed by atoms with Gasteiger partial charge in [-0.15, -0.1) is 0 Å². The lowest BCUT2D eigenvalue weighted by Crippen LogP contribution is -2.37. The zero-order chi connectivity index (χ0) is 21.5. The highest BCUT2D eigenvalue weighted by atomic mass is 16.1. The molecule has 0 amide bonds. The van der Waals surface area contributed by atoms with Gasteiger partial charge in [0.15, 0.2) is 11.7 Å². The third-order valence-electron chi connectivity index (χ3n) is 6.64. The van der Waals surface area contributed by atoms with Crippen molar-refractivity contribution in [1.29, 1.82) is 0 Å². The number of anilines is 1. The summed E-state index contributed by atoms with van der Waals surface area (Å²) in [5.41, 5.74) is 7.68. The fraction of sp³-hybridized carbons (Fsp3) is 0.680. The van der Waals surface area contributed by atoms with E-state index in [2.05, 4.69) is 24.5 Å². The molecule has 5 heteroatoms. The standard InChI is InChI=1S/C25H40N4O/c1-17(2)27-25(29-24-6-4-5-21(16-24)18(3)30)28-23-13-9-20(10-14-23)15-19-7-11-22(26)12-8-19/h4-6,16-17,19-20,22-23H,7-15,26H2,1-3H3,(H2,27,28,29). The van der Waals surface area contributed by atoms with Crippen LogP contribution in [0.15, 0.2) is 29.3 Å². The predicted octanol–water partition coefficient (Wildman–Crippen LogP) is 5.12. The number of nitrogens with zero attached hydrogens (tertiary/aromatic N) is 1. The molecule has 2 fully saturated rings. The van der Waals surface area contributed by atoms with Crippen LogP contribution in [0.1, 0.15) is 88.9 Å². The van der Waals surface area contributed by atoms with Gasteiger partial charge in [-0.1, -0.05) is 12.1 Å². The van der Waals surface area contributed by atoms with E-state index in [1.807, 2.05) is 24.3 Å². The second-order valence-electron chi connectivity index (χ2n) is 9.73. The molecular formula is C25H40N4O. The molecule has 30 heavy (non-hydrogen) atoms. The summed E-state index contributed by atoms with van der Waals surface area (Å²) in [6.45, 7) is 5.84. The molecule has 0 radical (unpaired) electrons. The van der Waals surface area contributed by atoms with Crippen LogP contribution in [0, 0.1) is 11.8 Å². The van der Waals surface area contributed by atoms with Gasteiger partial charge in [-0.25, -0.2) is 4.99 Å². The number of aliphatic imine (C=N–C) groups is 1. The Morgan fingerprint density at radius 1 is 1.07 bits per heavy atom. The van der Waals surface area contributed by atoms with Crippen molar-refractivity contribution in [3.8, 4) is 0 Å². The molecule has 1 aromatic carbocycles. The molecule has 0 spiro atoms. The van der Waals surface area contributed by atoms with Gasteiger partial charge in [-0.3, -0.25) is 4.79 Å². The zero-order valence-electron chi connectivity index (χ0n) is 19.0. The second kappa shape index (κ2) is 10.9. The monoisotopic (exact) mass is 412 g/mol. The smallest absolute Gasteiger partial charge is 0.196 e. The number of hydrogen-bond donors (Lipinski definition) is 3. The van der Waals surface area contributed by atoms with E-state index in [4.69, 9.17) is 10.7 Å². The van der Waals surface area contributed by atoms with Gasteiger partial charge in [-0.05, 0) is 103 Å². The second-order valence-corrected chi connectivity index (χ2v) is 9.73. The van der Waals surface area contributed by atoms with Crippen molar-refractivity contribution < 1.29 is 4.79 Å². The number of nitrogens with two attached hydrogens (primary N) is 1. The zero-order valence-corrected chi connectivity index (χ0v) is 19.0. The molecule has 3 rings (SSSR count). The number of guanidine groups is 1. The van der Waals surface area contributed by atoms with Gasteiger partial charge >= 0.3 is 0 Å². The maximum absolute atomic E-state index is 11.7. The molecular weight excluding hydrogens is 372 g/mol. The molecule has 4 N–H and O–H groups in total. The summed E-state index contributed by atoms with van der Waals surface area (Å²) in [5.74, 6) is 2.64. The van der Waals surface area contributed by atoms with Crippen molar-refractivity contribution >= 4 is 17.4 Å².